The number of thiophene rings is 1. The topological polar surface area (TPSA) is 49.8 Å². The molecule has 2 aromatic rings. The molecule has 1 aliphatic rings. The molecule has 0 bridgehead atoms. The lowest BCUT2D eigenvalue weighted by molar-refractivity contribution is 0.0249. The van der Waals surface area contributed by atoms with Gasteiger partial charge in [0.2, 0.25) is 0 Å². The number of likely N-dealkylation sites (tertiary alicyclic amines) is 1. The van der Waals surface area contributed by atoms with E-state index in [1.807, 2.05) is 50.2 Å². The van der Waals surface area contributed by atoms with Crippen LogP contribution in [0.25, 0.3) is 10.4 Å². The van der Waals surface area contributed by atoms with E-state index in [9.17, 15) is 9.90 Å². The van der Waals surface area contributed by atoms with Crippen LogP contribution in [-0.2, 0) is 0 Å². The van der Waals surface area contributed by atoms with E-state index in [-0.39, 0.29) is 11.8 Å². The zero-order valence-electron chi connectivity index (χ0n) is 14.1. The predicted molar refractivity (Wildman–Crippen MR) is 96.6 cm³/mol. The van der Waals surface area contributed by atoms with Gasteiger partial charge in [-0.1, -0.05) is 37.3 Å². The van der Waals surface area contributed by atoms with Gasteiger partial charge < -0.3 is 14.7 Å². The molecule has 1 aliphatic heterocycles. The summed E-state index contributed by atoms with van der Waals surface area (Å²) >= 11 is 1.46. The summed E-state index contributed by atoms with van der Waals surface area (Å²) in [7, 11) is 0. The average Bonchev–Trinajstić information content (AvgIpc) is 3.02. The summed E-state index contributed by atoms with van der Waals surface area (Å²) < 4.78 is 5.70. The second kappa shape index (κ2) is 7.36. The van der Waals surface area contributed by atoms with Crippen LogP contribution in [-0.4, -0.2) is 41.7 Å². The molecule has 1 aromatic carbocycles. The molecule has 0 unspecified atom stereocenters. The van der Waals surface area contributed by atoms with Crippen LogP contribution in [0, 0.1) is 5.92 Å². The third-order valence-electron chi connectivity index (χ3n) is 4.46. The number of benzene rings is 1. The third-order valence-corrected chi connectivity index (χ3v) is 5.61. The molecule has 3 rings (SSSR count). The van der Waals surface area contributed by atoms with Gasteiger partial charge in [-0.25, -0.2) is 0 Å². The maximum Gasteiger partial charge on any atom is 0.267 e. The number of ether oxygens (including phenoxy) is 1. The number of carbonyl (C=O) groups is 1. The van der Waals surface area contributed by atoms with Gasteiger partial charge in [0, 0.05) is 18.0 Å². The Morgan fingerprint density at radius 1 is 1.38 bits per heavy atom. The van der Waals surface area contributed by atoms with Gasteiger partial charge in [0.25, 0.3) is 5.91 Å². The van der Waals surface area contributed by atoms with Crippen LogP contribution in [0.1, 0.15) is 29.9 Å². The van der Waals surface area contributed by atoms with Crippen molar-refractivity contribution in [3.05, 3.63) is 41.3 Å². The lowest BCUT2D eigenvalue weighted by Crippen LogP contribution is -2.45. The molecule has 24 heavy (non-hydrogen) atoms. The van der Waals surface area contributed by atoms with Gasteiger partial charge >= 0.3 is 0 Å². The van der Waals surface area contributed by atoms with Crippen LogP contribution >= 0.6 is 11.3 Å². The van der Waals surface area contributed by atoms with Crippen LogP contribution in [0.15, 0.2) is 36.4 Å². The predicted octanol–water partition coefficient (Wildman–Crippen LogP) is 3.66. The van der Waals surface area contributed by atoms with Crippen molar-refractivity contribution >= 4 is 17.2 Å². The molecular weight excluding hydrogens is 322 g/mol. The Bertz CT molecular complexity index is 698. The first-order chi connectivity index (χ1) is 11.6. The molecule has 5 heteroatoms. The molecule has 1 amide bonds. The SMILES string of the molecule is CCOc1cc(-c2ccccc2)sc1C(=O)N1CC[C@@H](C)[C@H](O)C1. The van der Waals surface area contributed by atoms with Crippen molar-refractivity contribution in [2.75, 3.05) is 19.7 Å². The second-order valence-electron chi connectivity index (χ2n) is 6.19. The highest BCUT2D eigenvalue weighted by molar-refractivity contribution is 7.17. The number of nitrogens with zero attached hydrogens (tertiary/aromatic N) is 1. The van der Waals surface area contributed by atoms with Gasteiger partial charge in [-0.3, -0.25) is 4.79 Å². The summed E-state index contributed by atoms with van der Waals surface area (Å²) in [5, 5.41) is 10.1. The summed E-state index contributed by atoms with van der Waals surface area (Å²) in [6.07, 6.45) is 0.375. The normalized spacial score (nSPS) is 20.9. The van der Waals surface area contributed by atoms with E-state index in [2.05, 4.69) is 0 Å². The fourth-order valence-corrected chi connectivity index (χ4v) is 3.98. The van der Waals surface area contributed by atoms with Crippen molar-refractivity contribution in [3.63, 3.8) is 0 Å². The Hall–Kier alpha value is -1.85. The smallest absolute Gasteiger partial charge is 0.267 e. The monoisotopic (exact) mass is 345 g/mol. The largest absolute Gasteiger partial charge is 0.492 e. The minimum absolute atomic E-state index is 0.0448. The zero-order valence-corrected chi connectivity index (χ0v) is 14.9. The number of β-amino-alcohol motifs (C(OH)–C–C–N with tert-alkyl or cyclic N) is 1. The Morgan fingerprint density at radius 3 is 2.79 bits per heavy atom. The highest BCUT2D eigenvalue weighted by Gasteiger charge is 2.30. The fraction of sp³-hybridized carbons (Fsp3) is 0.421. The van der Waals surface area contributed by atoms with Gasteiger partial charge in [0.15, 0.2) is 0 Å². The number of aliphatic hydroxyl groups is 1. The Morgan fingerprint density at radius 2 is 2.12 bits per heavy atom. The fourth-order valence-electron chi connectivity index (χ4n) is 2.91. The van der Waals surface area contributed by atoms with E-state index in [0.717, 1.165) is 16.9 Å². The first kappa shape index (κ1) is 17.0. The van der Waals surface area contributed by atoms with Gasteiger partial charge in [0.05, 0.1) is 12.7 Å². The van der Waals surface area contributed by atoms with Gasteiger partial charge in [-0.2, -0.15) is 0 Å². The number of rotatable bonds is 4. The van der Waals surface area contributed by atoms with E-state index in [1.165, 1.54) is 11.3 Å². The molecule has 1 fully saturated rings. The van der Waals surface area contributed by atoms with Crippen molar-refractivity contribution in [2.24, 2.45) is 5.92 Å². The standard InChI is InChI=1S/C19H23NO3S/c1-3-23-16-11-17(14-7-5-4-6-8-14)24-18(16)19(22)20-10-9-13(2)15(21)12-20/h4-8,11,13,15,21H,3,9-10,12H2,1-2H3/t13-,15-/m1/s1. The number of carbonyl (C=O) groups excluding carboxylic acids is 1. The van der Waals surface area contributed by atoms with Crippen molar-refractivity contribution in [1.82, 2.24) is 4.90 Å². The van der Waals surface area contributed by atoms with Gasteiger partial charge in [0.1, 0.15) is 10.6 Å². The van der Waals surface area contributed by atoms with E-state index >= 15 is 0 Å². The Balaban J connectivity index is 1.88. The summed E-state index contributed by atoms with van der Waals surface area (Å²) in [5.41, 5.74) is 1.08. The van der Waals surface area contributed by atoms with E-state index < -0.39 is 6.10 Å². The molecule has 1 N–H and O–H groups in total. The average molecular weight is 345 g/mol. The highest BCUT2D eigenvalue weighted by atomic mass is 32.1. The lowest BCUT2D eigenvalue weighted by Gasteiger charge is -2.34. The summed E-state index contributed by atoms with van der Waals surface area (Å²) in [6, 6.07) is 11.9. The lowest BCUT2D eigenvalue weighted by atomic mass is 9.96. The van der Waals surface area contributed by atoms with Crippen molar-refractivity contribution in [2.45, 2.75) is 26.4 Å². The molecule has 1 saturated heterocycles. The van der Waals surface area contributed by atoms with Gasteiger partial charge in [-0.05, 0) is 30.9 Å². The molecule has 2 atom stereocenters. The maximum atomic E-state index is 12.9. The number of hydrogen-bond donors (Lipinski definition) is 1. The second-order valence-corrected chi connectivity index (χ2v) is 7.24. The number of piperidine rings is 1. The van der Waals surface area contributed by atoms with Crippen LogP contribution in [0.5, 0.6) is 5.75 Å². The number of hydrogen-bond acceptors (Lipinski definition) is 4. The van der Waals surface area contributed by atoms with E-state index in [0.29, 0.717) is 30.3 Å². The molecular formula is C19H23NO3S. The maximum absolute atomic E-state index is 12.9. The minimum Gasteiger partial charge on any atom is -0.492 e. The van der Waals surface area contributed by atoms with Crippen LogP contribution in [0.2, 0.25) is 0 Å². The van der Waals surface area contributed by atoms with Crippen LogP contribution in [0.3, 0.4) is 0 Å². The first-order valence-electron chi connectivity index (χ1n) is 8.39. The van der Waals surface area contributed by atoms with Crippen LogP contribution in [0.4, 0.5) is 0 Å². The van der Waals surface area contributed by atoms with E-state index in [1.54, 1.807) is 4.90 Å². The molecule has 0 aliphatic carbocycles. The molecule has 0 spiro atoms. The minimum atomic E-state index is -0.452. The van der Waals surface area contributed by atoms with Crippen LogP contribution < -0.4 is 4.74 Å². The molecule has 128 valence electrons. The van der Waals surface area contributed by atoms with Crippen molar-refractivity contribution < 1.29 is 14.6 Å². The Labute approximate surface area is 146 Å². The van der Waals surface area contributed by atoms with Crippen molar-refractivity contribution in [1.29, 1.82) is 0 Å². The van der Waals surface area contributed by atoms with Crippen molar-refractivity contribution in [3.8, 4) is 16.2 Å². The summed E-state index contributed by atoms with van der Waals surface area (Å²) in [6.45, 7) is 5.54. The highest BCUT2D eigenvalue weighted by Crippen LogP contribution is 2.37. The summed E-state index contributed by atoms with van der Waals surface area (Å²) in [4.78, 5) is 16.3. The number of amides is 1. The summed E-state index contributed by atoms with van der Waals surface area (Å²) in [5.74, 6) is 0.833. The molecule has 2 heterocycles. The first-order valence-corrected chi connectivity index (χ1v) is 9.21. The molecule has 1 aromatic heterocycles. The molecule has 0 radical (unpaired) electrons. The third kappa shape index (κ3) is 3.47. The zero-order chi connectivity index (χ0) is 17.1. The van der Waals surface area contributed by atoms with E-state index in [4.69, 9.17) is 4.74 Å². The quantitative estimate of drug-likeness (QED) is 0.920. The van der Waals surface area contributed by atoms with Gasteiger partial charge in [-0.15, -0.1) is 11.3 Å². The molecule has 4 nitrogen and oxygen atoms in total. The number of aliphatic hydroxyl groups excluding tert-OH is 1. The Kier molecular flexibility index (Phi) is 5.21. The molecule has 0 saturated carbocycles.